The molecule has 3 aliphatic rings. The third-order valence-electron chi connectivity index (χ3n) is 5.06. The molecule has 1 N–H and O–H groups in total. The molecule has 0 aromatic carbocycles. The van der Waals surface area contributed by atoms with Gasteiger partial charge in [-0.15, -0.1) is 0 Å². The number of likely N-dealkylation sites (tertiary alicyclic amines) is 1. The van der Waals surface area contributed by atoms with Gasteiger partial charge in [0.15, 0.2) is 0 Å². The molecule has 1 saturated heterocycles. The minimum Gasteiger partial charge on any atom is -0.396 e. The number of hydrogen-bond donors (Lipinski definition) is 1. The lowest BCUT2D eigenvalue weighted by molar-refractivity contribution is -0.145. The highest BCUT2D eigenvalue weighted by Crippen LogP contribution is 2.43. The van der Waals surface area contributed by atoms with Crippen LogP contribution in [-0.4, -0.2) is 34.5 Å². The first kappa shape index (κ1) is 12.2. The molecule has 0 radical (unpaired) electrons. The molecule has 4 nitrogen and oxygen atoms in total. The fourth-order valence-corrected chi connectivity index (χ4v) is 4.08. The molecule has 4 unspecified atom stereocenters. The van der Waals surface area contributed by atoms with Gasteiger partial charge in [0.2, 0.25) is 11.8 Å². The Kier molecular flexibility index (Phi) is 3.14. The second-order valence-electron chi connectivity index (χ2n) is 5.98. The van der Waals surface area contributed by atoms with E-state index < -0.39 is 0 Å². The van der Waals surface area contributed by atoms with E-state index in [0.717, 1.165) is 44.9 Å². The van der Waals surface area contributed by atoms with Crippen molar-refractivity contribution in [2.24, 2.45) is 17.8 Å². The van der Waals surface area contributed by atoms with Crippen molar-refractivity contribution in [1.82, 2.24) is 4.90 Å². The van der Waals surface area contributed by atoms with Crippen LogP contribution in [0.15, 0.2) is 0 Å². The lowest BCUT2D eigenvalue weighted by Crippen LogP contribution is -2.47. The zero-order chi connectivity index (χ0) is 12.7. The molecule has 0 bridgehead atoms. The summed E-state index contributed by atoms with van der Waals surface area (Å²) in [5, 5.41) is 9.45. The fourth-order valence-electron chi connectivity index (χ4n) is 4.08. The van der Waals surface area contributed by atoms with Gasteiger partial charge in [-0.25, -0.2) is 0 Å². The van der Waals surface area contributed by atoms with Gasteiger partial charge in [-0.2, -0.15) is 0 Å². The van der Waals surface area contributed by atoms with Gasteiger partial charge in [0.05, 0.1) is 11.8 Å². The van der Waals surface area contributed by atoms with Crippen molar-refractivity contribution >= 4 is 11.8 Å². The molecule has 100 valence electrons. The molecule has 2 amide bonds. The normalized spacial score (nSPS) is 40.4. The predicted octanol–water partition coefficient (Wildman–Crippen LogP) is 1.32. The molecule has 2 aliphatic carbocycles. The van der Waals surface area contributed by atoms with E-state index in [1.807, 2.05) is 0 Å². The van der Waals surface area contributed by atoms with Crippen LogP contribution in [0.5, 0.6) is 0 Å². The first-order chi connectivity index (χ1) is 8.74. The Balaban J connectivity index is 1.83. The Hall–Kier alpha value is -0.900. The fraction of sp³-hybridized carbons (Fsp3) is 0.857. The molecule has 4 atom stereocenters. The number of aliphatic hydroxyl groups excluding tert-OH is 1. The largest absolute Gasteiger partial charge is 0.396 e. The van der Waals surface area contributed by atoms with Gasteiger partial charge in [0.25, 0.3) is 0 Å². The van der Waals surface area contributed by atoms with Crippen molar-refractivity contribution in [2.75, 3.05) is 6.61 Å². The van der Waals surface area contributed by atoms with Crippen LogP contribution < -0.4 is 0 Å². The lowest BCUT2D eigenvalue weighted by atomic mass is 9.84. The Bertz CT molecular complexity index is 346. The van der Waals surface area contributed by atoms with E-state index in [1.165, 1.54) is 4.90 Å². The number of carbonyl (C=O) groups is 2. The third-order valence-corrected chi connectivity index (χ3v) is 5.06. The molecular formula is C14H21NO3. The second kappa shape index (κ2) is 4.65. The van der Waals surface area contributed by atoms with Crippen LogP contribution in [0.2, 0.25) is 0 Å². The molecule has 0 spiro atoms. The van der Waals surface area contributed by atoms with Crippen LogP contribution >= 0.6 is 0 Å². The van der Waals surface area contributed by atoms with Gasteiger partial charge in [-0.3, -0.25) is 14.5 Å². The Morgan fingerprint density at radius 2 is 1.56 bits per heavy atom. The number of aliphatic hydroxyl groups is 1. The molecule has 0 aromatic heterocycles. The van der Waals surface area contributed by atoms with Crippen LogP contribution in [0, 0.1) is 17.8 Å². The maximum atomic E-state index is 12.4. The number of imide groups is 1. The molecule has 4 heteroatoms. The summed E-state index contributed by atoms with van der Waals surface area (Å²) in [7, 11) is 0. The van der Waals surface area contributed by atoms with Crippen LogP contribution in [-0.2, 0) is 9.59 Å². The summed E-state index contributed by atoms with van der Waals surface area (Å²) in [6.07, 6.45) is 6.74. The molecule has 0 aromatic rings. The SMILES string of the molecule is O=C1C2CCCC2C(=O)N1C1CCCCC1CO. The van der Waals surface area contributed by atoms with E-state index in [-0.39, 0.29) is 42.2 Å². The Morgan fingerprint density at radius 3 is 2.17 bits per heavy atom. The quantitative estimate of drug-likeness (QED) is 0.753. The third kappa shape index (κ3) is 1.69. The van der Waals surface area contributed by atoms with Gasteiger partial charge in [0.1, 0.15) is 0 Å². The molecule has 18 heavy (non-hydrogen) atoms. The predicted molar refractivity (Wildman–Crippen MR) is 65.5 cm³/mol. The highest BCUT2D eigenvalue weighted by molar-refractivity contribution is 6.05. The maximum Gasteiger partial charge on any atom is 0.233 e. The van der Waals surface area contributed by atoms with E-state index in [9.17, 15) is 14.7 Å². The average molecular weight is 251 g/mol. The number of amides is 2. The topological polar surface area (TPSA) is 57.6 Å². The minimum atomic E-state index is -0.0428. The van der Waals surface area contributed by atoms with Crippen molar-refractivity contribution in [3.8, 4) is 0 Å². The van der Waals surface area contributed by atoms with Crippen LogP contribution in [0.25, 0.3) is 0 Å². The molecule has 3 rings (SSSR count). The summed E-state index contributed by atoms with van der Waals surface area (Å²) in [5.41, 5.74) is 0. The molecule has 2 saturated carbocycles. The van der Waals surface area contributed by atoms with Crippen molar-refractivity contribution in [1.29, 1.82) is 0 Å². The molecular weight excluding hydrogens is 230 g/mol. The van der Waals surface area contributed by atoms with Gasteiger partial charge < -0.3 is 5.11 Å². The van der Waals surface area contributed by atoms with Gasteiger partial charge in [-0.05, 0) is 25.7 Å². The van der Waals surface area contributed by atoms with E-state index in [4.69, 9.17) is 0 Å². The van der Waals surface area contributed by atoms with Crippen LogP contribution in [0.1, 0.15) is 44.9 Å². The molecule has 3 fully saturated rings. The second-order valence-corrected chi connectivity index (χ2v) is 5.98. The smallest absolute Gasteiger partial charge is 0.233 e. The van der Waals surface area contributed by atoms with Crippen molar-refractivity contribution in [3.63, 3.8) is 0 Å². The van der Waals surface area contributed by atoms with Gasteiger partial charge in [0, 0.05) is 18.6 Å². The number of hydrogen-bond acceptors (Lipinski definition) is 3. The highest BCUT2D eigenvalue weighted by atomic mass is 16.3. The Morgan fingerprint density at radius 1 is 0.944 bits per heavy atom. The number of nitrogens with zero attached hydrogens (tertiary/aromatic N) is 1. The highest BCUT2D eigenvalue weighted by Gasteiger charge is 2.52. The zero-order valence-electron chi connectivity index (χ0n) is 10.7. The number of rotatable bonds is 2. The lowest BCUT2D eigenvalue weighted by Gasteiger charge is -2.36. The summed E-state index contributed by atoms with van der Waals surface area (Å²) in [5.74, 6) is 0.115. The number of carbonyl (C=O) groups excluding carboxylic acids is 2. The summed E-state index contributed by atoms with van der Waals surface area (Å²) in [6, 6.07) is -0.0330. The van der Waals surface area contributed by atoms with E-state index in [0.29, 0.717) is 0 Å². The van der Waals surface area contributed by atoms with Crippen molar-refractivity contribution in [3.05, 3.63) is 0 Å². The standard InChI is InChI=1S/C14H21NO3/c16-8-9-4-1-2-7-12(9)15-13(17)10-5-3-6-11(10)14(15)18/h9-12,16H,1-8H2. The van der Waals surface area contributed by atoms with E-state index in [1.54, 1.807) is 0 Å². The maximum absolute atomic E-state index is 12.4. The summed E-state index contributed by atoms with van der Waals surface area (Å²) in [6.45, 7) is 0.0943. The van der Waals surface area contributed by atoms with Crippen LogP contribution in [0.3, 0.4) is 0 Å². The number of fused-ring (bicyclic) bond motifs is 1. The van der Waals surface area contributed by atoms with E-state index in [2.05, 4.69) is 0 Å². The zero-order valence-corrected chi connectivity index (χ0v) is 10.7. The van der Waals surface area contributed by atoms with Crippen LogP contribution in [0.4, 0.5) is 0 Å². The van der Waals surface area contributed by atoms with Gasteiger partial charge in [-0.1, -0.05) is 19.3 Å². The first-order valence-corrected chi connectivity index (χ1v) is 7.22. The van der Waals surface area contributed by atoms with Crippen molar-refractivity contribution < 1.29 is 14.7 Å². The van der Waals surface area contributed by atoms with Crippen molar-refractivity contribution in [2.45, 2.75) is 51.0 Å². The molecule has 1 aliphatic heterocycles. The average Bonchev–Trinajstić information content (AvgIpc) is 2.95. The summed E-state index contributed by atoms with van der Waals surface area (Å²) in [4.78, 5) is 26.3. The monoisotopic (exact) mass is 251 g/mol. The Labute approximate surface area is 107 Å². The van der Waals surface area contributed by atoms with E-state index >= 15 is 0 Å². The summed E-state index contributed by atoms with van der Waals surface area (Å²) >= 11 is 0. The minimum absolute atomic E-state index is 0.0330. The summed E-state index contributed by atoms with van der Waals surface area (Å²) < 4.78 is 0. The van der Waals surface area contributed by atoms with Gasteiger partial charge >= 0.3 is 0 Å². The first-order valence-electron chi connectivity index (χ1n) is 7.22. The molecule has 1 heterocycles.